The van der Waals surface area contributed by atoms with E-state index in [4.69, 9.17) is 10.3 Å². The molecular weight excluding hydrogens is 380 g/mol. The fraction of sp³-hybridized carbons (Fsp3) is 0.818. The summed E-state index contributed by atoms with van der Waals surface area (Å²) in [6.07, 6.45) is 12.6. The summed E-state index contributed by atoms with van der Waals surface area (Å²) in [7, 11) is 0. The standard InChI is InChI=1S/C22H34N6O2/c1-15-11-18(15)12-17-7-8-20(17)26-21(29)19-13-25-28(10-9-24-27-23)22(19)30-14-16-5-3-2-4-6-16/h13,15-18,20H,2-12,14H2,1H3,(H,26,29)/t15-,17?,18?,20?/m0/s1. The van der Waals surface area contributed by atoms with Crippen molar-refractivity contribution in [3.05, 3.63) is 22.2 Å². The summed E-state index contributed by atoms with van der Waals surface area (Å²) in [5.41, 5.74) is 9.05. The molecule has 0 aliphatic heterocycles. The molecular formula is C22H34N6O2. The van der Waals surface area contributed by atoms with E-state index < -0.39 is 0 Å². The van der Waals surface area contributed by atoms with E-state index in [9.17, 15) is 4.79 Å². The zero-order valence-corrected chi connectivity index (χ0v) is 18.0. The normalized spacial score (nSPS) is 28.3. The minimum Gasteiger partial charge on any atom is -0.477 e. The van der Waals surface area contributed by atoms with Gasteiger partial charge in [-0.2, -0.15) is 5.10 Å². The van der Waals surface area contributed by atoms with Crippen molar-refractivity contribution in [3.8, 4) is 5.88 Å². The van der Waals surface area contributed by atoms with Crippen LogP contribution in [-0.2, 0) is 6.54 Å². The van der Waals surface area contributed by atoms with Crippen molar-refractivity contribution in [2.24, 2.45) is 28.8 Å². The van der Waals surface area contributed by atoms with Crippen LogP contribution < -0.4 is 10.1 Å². The number of hydrogen-bond acceptors (Lipinski definition) is 4. The molecule has 3 saturated carbocycles. The minimum atomic E-state index is -0.0952. The zero-order chi connectivity index (χ0) is 20.9. The molecule has 0 spiro atoms. The molecule has 1 N–H and O–H groups in total. The van der Waals surface area contributed by atoms with Crippen molar-refractivity contribution in [1.29, 1.82) is 0 Å². The Hall–Kier alpha value is -2.21. The Bertz CT molecular complexity index is 781. The van der Waals surface area contributed by atoms with Gasteiger partial charge in [-0.3, -0.25) is 4.79 Å². The highest BCUT2D eigenvalue weighted by atomic mass is 16.5. The lowest BCUT2D eigenvalue weighted by atomic mass is 9.76. The lowest BCUT2D eigenvalue weighted by Gasteiger charge is -2.37. The van der Waals surface area contributed by atoms with E-state index in [-0.39, 0.29) is 18.5 Å². The zero-order valence-electron chi connectivity index (χ0n) is 18.0. The van der Waals surface area contributed by atoms with E-state index in [0.717, 1.165) is 18.3 Å². The van der Waals surface area contributed by atoms with Crippen molar-refractivity contribution in [3.63, 3.8) is 0 Å². The van der Waals surface area contributed by atoms with Crippen LogP contribution in [0.25, 0.3) is 10.4 Å². The lowest BCUT2D eigenvalue weighted by molar-refractivity contribution is 0.0856. The number of aromatic nitrogens is 2. The summed E-state index contributed by atoms with van der Waals surface area (Å²) in [5, 5.41) is 11.2. The number of carbonyl (C=O) groups excluding carboxylic acids is 1. The molecule has 8 heteroatoms. The van der Waals surface area contributed by atoms with E-state index in [1.54, 1.807) is 10.9 Å². The molecule has 0 radical (unpaired) electrons. The maximum absolute atomic E-state index is 13.0. The molecule has 3 unspecified atom stereocenters. The quantitative estimate of drug-likeness (QED) is 0.340. The van der Waals surface area contributed by atoms with Gasteiger partial charge in [0.15, 0.2) is 0 Å². The van der Waals surface area contributed by atoms with E-state index in [0.29, 0.717) is 36.4 Å². The van der Waals surface area contributed by atoms with Crippen LogP contribution >= 0.6 is 0 Å². The Morgan fingerprint density at radius 1 is 1.30 bits per heavy atom. The average Bonchev–Trinajstić information content (AvgIpc) is 3.30. The van der Waals surface area contributed by atoms with Crippen LogP contribution in [0.15, 0.2) is 11.3 Å². The number of ether oxygens (including phenoxy) is 1. The van der Waals surface area contributed by atoms with Crippen LogP contribution in [0.2, 0.25) is 0 Å². The lowest BCUT2D eigenvalue weighted by Crippen LogP contribution is -2.47. The SMILES string of the molecule is C[C@H]1CC1CC1CCC1NC(=O)c1cnn(CCN=[N+]=[N-])c1OCC1CCCCC1. The summed E-state index contributed by atoms with van der Waals surface area (Å²) in [4.78, 5) is 15.9. The van der Waals surface area contributed by atoms with Gasteiger partial charge in [0.05, 0.1) is 19.3 Å². The fourth-order valence-electron chi connectivity index (χ4n) is 4.98. The number of azide groups is 1. The molecule has 1 heterocycles. The summed E-state index contributed by atoms with van der Waals surface area (Å²) in [5.74, 6) is 3.27. The summed E-state index contributed by atoms with van der Waals surface area (Å²) < 4.78 is 7.82. The van der Waals surface area contributed by atoms with Crippen LogP contribution in [0, 0.1) is 23.7 Å². The third kappa shape index (κ3) is 5.09. The highest BCUT2D eigenvalue weighted by molar-refractivity contribution is 5.96. The minimum absolute atomic E-state index is 0.0952. The smallest absolute Gasteiger partial charge is 0.258 e. The number of nitrogens with zero attached hydrogens (tertiary/aromatic N) is 5. The van der Waals surface area contributed by atoms with Gasteiger partial charge in [0.1, 0.15) is 5.56 Å². The first-order valence-electron chi connectivity index (χ1n) is 11.7. The Morgan fingerprint density at radius 3 is 2.77 bits per heavy atom. The van der Waals surface area contributed by atoms with Crippen molar-refractivity contribution in [2.75, 3.05) is 13.2 Å². The molecule has 164 valence electrons. The Kier molecular flexibility index (Phi) is 6.82. The molecule has 0 bridgehead atoms. The van der Waals surface area contributed by atoms with Gasteiger partial charge in [-0.15, -0.1) is 0 Å². The Labute approximate surface area is 178 Å². The van der Waals surface area contributed by atoms with Gasteiger partial charge < -0.3 is 10.1 Å². The van der Waals surface area contributed by atoms with Gasteiger partial charge >= 0.3 is 0 Å². The Balaban J connectivity index is 1.39. The van der Waals surface area contributed by atoms with Crippen LogP contribution in [0.1, 0.15) is 75.1 Å². The number of carbonyl (C=O) groups is 1. The molecule has 4 rings (SSSR count). The molecule has 3 aliphatic rings. The Morgan fingerprint density at radius 2 is 2.10 bits per heavy atom. The number of rotatable bonds is 10. The van der Waals surface area contributed by atoms with Gasteiger partial charge in [0, 0.05) is 17.5 Å². The molecule has 30 heavy (non-hydrogen) atoms. The monoisotopic (exact) mass is 414 g/mol. The molecule has 0 aromatic carbocycles. The largest absolute Gasteiger partial charge is 0.477 e. The second-order valence-electron chi connectivity index (χ2n) is 9.48. The molecule has 1 aromatic rings. The first-order chi connectivity index (χ1) is 14.7. The third-order valence-corrected chi connectivity index (χ3v) is 7.31. The van der Waals surface area contributed by atoms with Crippen molar-refractivity contribution >= 4 is 5.91 Å². The second-order valence-corrected chi connectivity index (χ2v) is 9.48. The molecule has 8 nitrogen and oxygen atoms in total. The predicted molar refractivity (Wildman–Crippen MR) is 114 cm³/mol. The van der Waals surface area contributed by atoms with E-state index in [1.165, 1.54) is 51.4 Å². The van der Waals surface area contributed by atoms with Gasteiger partial charge in [-0.1, -0.05) is 31.3 Å². The van der Waals surface area contributed by atoms with Gasteiger partial charge in [-0.05, 0) is 67.7 Å². The summed E-state index contributed by atoms with van der Waals surface area (Å²) >= 11 is 0. The third-order valence-electron chi connectivity index (χ3n) is 7.31. The molecule has 1 aromatic heterocycles. The van der Waals surface area contributed by atoms with E-state index in [1.807, 2.05) is 0 Å². The van der Waals surface area contributed by atoms with Gasteiger partial charge in [0.2, 0.25) is 5.88 Å². The first kappa shape index (κ1) is 21.0. The highest BCUT2D eigenvalue weighted by Gasteiger charge is 2.40. The van der Waals surface area contributed by atoms with Gasteiger partial charge in [-0.25, -0.2) is 4.68 Å². The number of amides is 1. The van der Waals surface area contributed by atoms with E-state index >= 15 is 0 Å². The van der Waals surface area contributed by atoms with E-state index in [2.05, 4.69) is 27.4 Å². The number of nitrogens with one attached hydrogen (secondary N) is 1. The van der Waals surface area contributed by atoms with Crippen LogP contribution in [0.3, 0.4) is 0 Å². The number of hydrogen-bond donors (Lipinski definition) is 1. The maximum atomic E-state index is 13.0. The van der Waals surface area contributed by atoms with Crippen LogP contribution in [0.4, 0.5) is 0 Å². The molecule has 3 fully saturated rings. The van der Waals surface area contributed by atoms with Crippen molar-refractivity contribution < 1.29 is 9.53 Å². The first-order valence-corrected chi connectivity index (χ1v) is 11.7. The van der Waals surface area contributed by atoms with Crippen LogP contribution in [-0.4, -0.2) is 34.9 Å². The predicted octanol–water partition coefficient (Wildman–Crippen LogP) is 4.71. The maximum Gasteiger partial charge on any atom is 0.258 e. The highest BCUT2D eigenvalue weighted by Crippen LogP contribution is 2.46. The average molecular weight is 415 g/mol. The molecule has 1 amide bonds. The van der Waals surface area contributed by atoms with Crippen LogP contribution in [0.5, 0.6) is 5.88 Å². The molecule has 0 saturated heterocycles. The summed E-state index contributed by atoms with van der Waals surface area (Å²) in [6.45, 7) is 3.61. The molecule has 4 atom stereocenters. The second kappa shape index (κ2) is 9.73. The van der Waals surface area contributed by atoms with Crippen molar-refractivity contribution in [1.82, 2.24) is 15.1 Å². The summed E-state index contributed by atoms with van der Waals surface area (Å²) in [6, 6.07) is 0.267. The molecule has 3 aliphatic carbocycles. The van der Waals surface area contributed by atoms with Gasteiger partial charge in [0.25, 0.3) is 5.91 Å². The van der Waals surface area contributed by atoms with Crippen molar-refractivity contribution in [2.45, 2.75) is 77.3 Å². The fourth-order valence-corrected chi connectivity index (χ4v) is 4.98. The topological polar surface area (TPSA) is 105 Å².